The Morgan fingerprint density at radius 2 is 1.97 bits per heavy atom. The van der Waals surface area contributed by atoms with Crippen molar-refractivity contribution in [2.45, 2.75) is 45.7 Å². The molecule has 1 saturated heterocycles. The largest absolute Gasteiger partial charge is 0.379 e. The molecule has 2 amide bonds. The number of hydrogen-bond acceptors (Lipinski definition) is 6. The number of hydrogen-bond donors (Lipinski definition) is 2. The third-order valence-electron chi connectivity index (χ3n) is 5.49. The van der Waals surface area contributed by atoms with Gasteiger partial charge in [-0.1, -0.05) is 0 Å². The number of amides is 2. The quantitative estimate of drug-likeness (QED) is 0.633. The van der Waals surface area contributed by atoms with Crippen molar-refractivity contribution in [3.05, 3.63) is 42.2 Å². The molecule has 4 rings (SSSR count). The number of aromatic nitrogens is 4. The average molecular weight is 439 g/mol. The number of piperidine rings is 1. The molecule has 1 aliphatic rings. The minimum Gasteiger partial charge on any atom is -0.379 e. The summed E-state index contributed by atoms with van der Waals surface area (Å²) in [5.74, 6) is -0.693. The molecule has 0 atom stereocenters. The topological polar surface area (TPSA) is 105 Å². The lowest BCUT2D eigenvalue weighted by atomic mass is 10.0. The number of likely N-dealkylation sites (tertiary alicyclic amines) is 1. The number of nitrogens with one attached hydrogen (secondary N) is 2. The van der Waals surface area contributed by atoms with Crippen LogP contribution in [0, 0.1) is 5.82 Å². The van der Waals surface area contributed by atoms with Crippen LogP contribution in [-0.4, -0.2) is 61.5 Å². The minimum absolute atomic E-state index is 0.0255. The Morgan fingerprint density at radius 1 is 1.22 bits per heavy atom. The molecule has 1 aliphatic heterocycles. The summed E-state index contributed by atoms with van der Waals surface area (Å²) >= 11 is 0. The van der Waals surface area contributed by atoms with Crippen molar-refractivity contribution in [2.24, 2.45) is 0 Å². The second-order valence-corrected chi connectivity index (χ2v) is 8.24. The second-order valence-electron chi connectivity index (χ2n) is 8.24. The highest BCUT2D eigenvalue weighted by Gasteiger charge is 2.25. The first-order valence-electron chi connectivity index (χ1n) is 10.6. The molecule has 32 heavy (non-hydrogen) atoms. The predicted octanol–water partition coefficient (Wildman–Crippen LogP) is 2.49. The van der Waals surface area contributed by atoms with E-state index in [2.05, 4.69) is 25.7 Å². The third-order valence-corrected chi connectivity index (χ3v) is 5.49. The maximum absolute atomic E-state index is 14.2. The normalized spacial score (nSPS) is 14.7. The molecule has 0 bridgehead atoms. The molecule has 0 saturated carbocycles. The molecule has 0 aromatic carbocycles. The molecule has 0 radical (unpaired) electrons. The fraction of sp³-hybridized carbons (Fsp3) is 0.409. The molecule has 0 spiro atoms. The van der Waals surface area contributed by atoms with Crippen LogP contribution >= 0.6 is 0 Å². The smallest absolute Gasteiger partial charge is 0.255 e. The molecule has 4 heterocycles. The zero-order valence-electron chi connectivity index (χ0n) is 18.3. The predicted molar refractivity (Wildman–Crippen MR) is 118 cm³/mol. The average Bonchev–Trinajstić information content (AvgIpc) is 3.19. The standard InChI is InChI=1S/C22H26FN7O2/c1-13(2)26-20-17(22(32)27-15-5-8-29(9-6-15)14(3)31)10-25-30-12-19(28-21(20)30)16-4-7-24-11-18(16)23/h4,7,10-13,15,26H,5-6,8-9H2,1-3H3,(H,27,32). The van der Waals surface area contributed by atoms with Gasteiger partial charge in [0.1, 0.15) is 0 Å². The van der Waals surface area contributed by atoms with Crippen LogP contribution < -0.4 is 10.6 Å². The maximum atomic E-state index is 14.2. The van der Waals surface area contributed by atoms with E-state index in [0.29, 0.717) is 54.1 Å². The first kappa shape index (κ1) is 21.7. The molecule has 168 valence electrons. The maximum Gasteiger partial charge on any atom is 0.255 e. The summed E-state index contributed by atoms with van der Waals surface area (Å²) in [6.45, 7) is 6.72. The van der Waals surface area contributed by atoms with Gasteiger partial charge >= 0.3 is 0 Å². The van der Waals surface area contributed by atoms with E-state index in [1.54, 1.807) is 24.1 Å². The van der Waals surface area contributed by atoms with Gasteiger partial charge < -0.3 is 15.5 Å². The fourth-order valence-corrected chi connectivity index (χ4v) is 3.85. The first-order valence-corrected chi connectivity index (χ1v) is 10.6. The van der Waals surface area contributed by atoms with Gasteiger partial charge in [0.05, 0.1) is 35.5 Å². The third kappa shape index (κ3) is 4.39. The van der Waals surface area contributed by atoms with Crippen molar-refractivity contribution in [2.75, 3.05) is 18.4 Å². The molecule has 0 aliphatic carbocycles. The molecule has 3 aromatic rings. The highest BCUT2D eigenvalue weighted by molar-refractivity contribution is 6.02. The van der Waals surface area contributed by atoms with Crippen LogP contribution in [0.25, 0.3) is 16.9 Å². The number of carbonyl (C=O) groups is 2. The Kier molecular flexibility index (Phi) is 6.02. The number of rotatable bonds is 5. The van der Waals surface area contributed by atoms with Crippen molar-refractivity contribution >= 4 is 23.1 Å². The zero-order valence-corrected chi connectivity index (χ0v) is 18.3. The lowest BCUT2D eigenvalue weighted by Gasteiger charge is -2.31. The SMILES string of the molecule is CC(=O)N1CCC(NC(=O)c2cnn3cc(-c4ccncc4F)nc3c2NC(C)C)CC1. The molecule has 3 aromatic heterocycles. The summed E-state index contributed by atoms with van der Waals surface area (Å²) in [5, 5.41) is 10.7. The molecule has 9 nitrogen and oxygen atoms in total. The van der Waals surface area contributed by atoms with Crippen molar-refractivity contribution in [1.29, 1.82) is 0 Å². The van der Waals surface area contributed by atoms with Crippen molar-refractivity contribution < 1.29 is 14.0 Å². The summed E-state index contributed by atoms with van der Waals surface area (Å²) in [7, 11) is 0. The number of halogens is 1. The van der Waals surface area contributed by atoms with Crippen LogP contribution in [0.2, 0.25) is 0 Å². The lowest BCUT2D eigenvalue weighted by molar-refractivity contribution is -0.129. The van der Waals surface area contributed by atoms with Crippen LogP contribution in [0.5, 0.6) is 0 Å². The van der Waals surface area contributed by atoms with E-state index < -0.39 is 5.82 Å². The number of anilines is 1. The van der Waals surface area contributed by atoms with E-state index in [1.807, 2.05) is 13.8 Å². The molecular formula is C22H26FN7O2. The van der Waals surface area contributed by atoms with Gasteiger partial charge in [-0.2, -0.15) is 5.10 Å². The van der Waals surface area contributed by atoms with Crippen LogP contribution in [0.3, 0.4) is 0 Å². The Hall–Kier alpha value is -3.56. The zero-order chi connectivity index (χ0) is 22.8. The van der Waals surface area contributed by atoms with Gasteiger partial charge in [-0.3, -0.25) is 14.6 Å². The summed E-state index contributed by atoms with van der Waals surface area (Å²) in [6, 6.07) is 1.56. The Bertz CT molecular complexity index is 1150. The lowest BCUT2D eigenvalue weighted by Crippen LogP contribution is -2.46. The molecule has 0 unspecified atom stereocenters. The van der Waals surface area contributed by atoms with E-state index in [0.717, 1.165) is 6.20 Å². The number of nitrogens with zero attached hydrogens (tertiary/aromatic N) is 5. The molecule has 2 N–H and O–H groups in total. The Morgan fingerprint density at radius 3 is 2.62 bits per heavy atom. The molecular weight excluding hydrogens is 413 g/mol. The second kappa shape index (κ2) is 8.89. The van der Waals surface area contributed by atoms with Crippen LogP contribution in [0.15, 0.2) is 30.9 Å². The molecule has 10 heteroatoms. The summed E-state index contributed by atoms with van der Waals surface area (Å²) in [6.07, 6.45) is 7.14. The van der Waals surface area contributed by atoms with Gasteiger partial charge in [0.2, 0.25) is 5.91 Å². The van der Waals surface area contributed by atoms with E-state index >= 15 is 0 Å². The minimum atomic E-state index is -0.482. The van der Waals surface area contributed by atoms with Crippen molar-refractivity contribution in [3.63, 3.8) is 0 Å². The fourth-order valence-electron chi connectivity index (χ4n) is 3.85. The van der Waals surface area contributed by atoms with Crippen molar-refractivity contribution in [3.8, 4) is 11.3 Å². The van der Waals surface area contributed by atoms with Gasteiger partial charge in [0, 0.05) is 43.9 Å². The van der Waals surface area contributed by atoms with Gasteiger partial charge in [0.15, 0.2) is 11.5 Å². The van der Waals surface area contributed by atoms with Gasteiger partial charge in [-0.05, 0) is 32.8 Å². The van der Waals surface area contributed by atoms with E-state index in [-0.39, 0.29) is 23.9 Å². The van der Waals surface area contributed by atoms with E-state index in [4.69, 9.17) is 0 Å². The van der Waals surface area contributed by atoms with E-state index in [9.17, 15) is 14.0 Å². The summed E-state index contributed by atoms with van der Waals surface area (Å²) < 4.78 is 15.8. The highest BCUT2D eigenvalue weighted by Crippen LogP contribution is 2.27. The Labute approximate surface area is 185 Å². The van der Waals surface area contributed by atoms with Gasteiger partial charge in [-0.15, -0.1) is 0 Å². The Balaban J connectivity index is 1.64. The number of carbonyl (C=O) groups excluding carboxylic acids is 2. The van der Waals surface area contributed by atoms with E-state index in [1.165, 1.54) is 16.9 Å². The first-order chi connectivity index (χ1) is 15.3. The summed E-state index contributed by atoms with van der Waals surface area (Å²) in [4.78, 5) is 34.8. The van der Waals surface area contributed by atoms with Crippen LogP contribution in [0.4, 0.5) is 10.1 Å². The monoisotopic (exact) mass is 439 g/mol. The number of pyridine rings is 1. The van der Waals surface area contributed by atoms with Crippen LogP contribution in [-0.2, 0) is 4.79 Å². The van der Waals surface area contributed by atoms with Crippen LogP contribution in [0.1, 0.15) is 44.0 Å². The highest BCUT2D eigenvalue weighted by atomic mass is 19.1. The number of fused-ring (bicyclic) bond motifs is 1. The van der Waals surface area contributed by atoms with Gasteiger partial charge in [0.25, 0.3) is 5.91 Å². The van der Waals surface area contributed by atoms with Crippen molar-refractivity contribution in [1.82, 2.24) is 29.8 Å². The molecule has 1 fully saturated rings. The number of imidazole rings is 1. The summed E-state index contributed by atoms with van der Waals surface area (Å²) in [5.41, 5.74) is 2.05. The van der Waals surface area contributed by atoms with Gasteiger partial charge in [-0.25, -0.2) is 13.9 Å².